The van der Waals surface area contributed by atoms with Crippen LogP contribution in [0.1, 0.15) is 39.3 Å². The molecule has 3 aromatic rings. The summed E-state index contributed by atoms with van der Waals surface area (Å²) in [5.41, 5.74) is 2.98. The number of thiazole rings is 1. The van der Waals surface area contributed by atoms with Crippen molar-refractivity contribution >= 4 is 43.8 Å². The summed E-state index contributed by atoms with van der Waals surface area (Å²) in [6.07, 6.45) is 6.37. The molecule has 0 unspecified atom stereocenters. The third-order valence-corrected chi connectivity index (χ3v) is 6.87. The van der Waals surface area contributed by atoms with Crippen LogP contribution in [0.25, 0.3) is 4.96 Å². The highest BCUT2D eigenvalue weighted by molar-refractivity contribution is 9.10. The van der Waals surface area contributed by atoms with Gasteiger partial charge in [0.05, 0.1) is 0 Å². The molecule has 0 saturated heterocycles. The van der Waals surface area contributed by atoms with E-state index < -0.39 is 0 Å². The highest BCUT2D eigenvalue weighted by Gasteiger charge is 2.29. The molecule has 2 aliphatic rings. The number of hydrogen-bond donors (Lipinski definition) is 0. The lowest BCUT2D eigenvalue weighted by Gasteiger charge is -2.17. The third-order valence-electron chi connectivity index (χ3n) is 5.22. The van der Waals surface area contributed by atoms with Gasteiger partial charge in [-0.05, 0) is 55.9 Å². The minimum Gasteiger partial charge on any atom is -0.308 e. The summed E-state index contributed by atoms with van der Waals surface area (Å²) in [7, 11) is 0. The molecule has 2 aromatic heterocycles. The number of benzene rings is 1. The van der Waals surface area contributed by atoms with Crippen LogP contribution in [-0.2, 0) is 19.3 Å². The molecule has 1 aliphatic carbocycles. The van der Waals surface area contributed by atoms with E-state index in [4.69, 9.17) is 0 Å². The lowest BCUT2D eigenvalue weighted by Crippen LogP contribution is -2.35. The molecule has 0 saturated carbocycles. The first-order chi connectivity index (χ1) is 12.6. The van der Waals surface area contributed by atoms with Crippen LogP contribution in [0.2, 0.25) is 0 Å². The number of halogens is 1. The maximum atomic E-state index is 13.1. The van der Waals surface area contributed by atoms with Crippen molar-refractivity contribution in [3.05, 3.63) is 60.9 Å². The van der Waals surface area contributed by atoms with Crippen molar-refractivity contribution in [1.29, 1.82) is 0 Å². The van der Waals surface area contributed by atoms with Gasteiger partial charge in [0.2, 0.25) is 0 Å². The molecule has 1 amide bonds. The number of carbonyl (C=O) groups is 1. The molecule has 0 spiro atoms. The van der Waals surface area contributed by atoms with Crippen LogP contribution in [0, 0.1) is 0 Å². The van der Waals surface area contributed by atoms with Gasteiger partial charge in [0.1, 0.15) is 5.56 Å². The van der Waals surface area contributed by atoms with Crippen LogP contribution >= 0.6 is 27.3 Å². The number of carbonyl (C=O) groups excluding carboxylic acids is 1. The van der Waals surface area contributed by atoms with Gasteiger partial charge in [-0.2, -0.15) is 0 Å². The van der Waals surface area contributed by atoms with Crippen LogP contribution < -0.4 is 10.5 Å². The van der Waals surface area contributed by atoms with Crippen molar-refractivity contribution in [2.75, 3.05) is 11.4 Å². The van der Waals surface area contributed by atoms with Crippen LogP contribution in [0.4, 0.5) is 5.69 Å². The molecule has 132 valence electrons. The fourth-order valence-electron chi connectivity index (χ4n) is 3.94. The van der Waals surface area contributed by atoms with E-state index in [2.05, 4.69) is 20.9 Å². The summed E-state index contributed by atoms with van der Waals surface area (Å²) in [6.45, 7) is 0.592. The molecule has 7 heteroatoms. The van der Waals surface area contributed by atoms with Gasteiger partial charge in [0.25, 0.3) is 11.5 Å². The summed E-state index contributed by atoms with van der Waals surface area (Å²) in [5, 5.41) is 0. The molecule has 0 atom stereocenters. The normalized spacial score (nSPS) is 16.0. The van der Waals surface area contributed by atoms with E-state index in [1.165, 1.54) is 11.1 Å². The Bertz CT molecular complexity index is 1120. The number of fused-ring (bicyclic) bond motifs is 4. The number of rotatable bonds is 1. The molecular weight excluding hydrogens is 414 g/mol. The predicted octanol–water partition coefficient (Wildman–Crippen LogP) is 3.60. The quantitative estimate of drug-likeness (QED) is 0.593. The van der Waals surface area contributed by atoms with E-state index in [9.17, 15) is 9.59 Å². The molecule has 0 radical (unpaired) electrons. The standard InChI is InChI=1S/C19H16BrN3O2S/c20-12-5-6-14-11(9-12)7-8-22(14)17(24)13-10-21-19-23(18(13)25)15-3-1-2-4-16(15)26-19/h5-6,9-10H,1-4,7-8H2. The first-order valence-corrected chi connectivity index (χ1v) is 10.4. The molecule has 5 nitrogen and oxygen atoms in total. The Morgan fingerprint density at radius 3 is 2.92 bits per heavy atom. The second kappa shape index (κ2) is 6.03. The average molecular weight is 430 g/mol. The van der Waals surface area contributed by atoms with Crippen LogP contribution in [-0.4, -0.2) is 21.8 Å². The Hall–Kier alpha value is -1.99. The predicted molar refractivity (Wildman–Crippen MR) is 106 cm³/mol. The topological polar surface area (TPSA) is 54.7 Å². The Kier molecular flexibility index (Phi) is 3.76. The van der Waals surface area contributed by atoms with Crippen molar-refractivity contribution < 1.29 is 4.79 Å². The van der Waals surface area contributed by atoms with Crippen molar-refractivity contribution in [2.24, 2.45) is 0 Å². The lowest BCUT2D eigenvalue weighted by molar-refractivity contribution is 0.0987. The minimum absolute atomic E-state index is 0.157. The number of hydrogen-bond acceptors (Lipinski definition) is 4. The fraction of sp³-hybridized carbons (Fsp3) is 0.316. The first kappa shape index (κ1) is 16.2. The monoisotopic (exact) mass is 429 g/mol. The number of aromatic nitrogens is 2. The third kappa shape index (κ3) is 2.37. The van der Waals surface area contributed by atoms with Gasteiger partial charge in [0, 0.05) is 33.5 Å². The average Bonchev–Trinajstić information content (AvgIpc) is 3.22. The molecular formula is C19H16BrN3O2S. The molecule has 0 fully saturated rings. The largest absolute Gasteiger partial charge is 0.308 e. The Morgan fingerprint density at radius 1 is 1.19 bits per heavy atom. The molecule has 26 heavy (non-hydrogen) atoms. The van der Waals surface area contributed by atoms with Crippen molar-refractivity contribution in [2.45, 2.75) is 32.1 Å². The zero-order valence-corrected chi connectivity index (χ0v) is 16.4. The number of amides is 1. The summed E-state index contributed by atoms with van der Waals surface area (Å²) in [5.74, 6) is -0.256. The second-order valence-corrected chi connectivity index (χ2v) is 8.73. The molecule has 1 aromatic carbocycles. The Morgan fingerprint density at radius 2 is 2.04 bits per heavy atom. The second-order valence-electron chi connectivity index (χ2n) is 6.75. The van der Waals surface area contributed by atoms with E-state index in [1.807, 2.05) is 18.2 Å². The number of nitrogens with zero attached hydrogens (tertiary/aromatic N) is 3. The molecule has 0 bridgehead atoms. The Labute approximate surface area is 162 Å². The zero-order chi connectivity index (χ0) is 17.8. The van der Waals surface area contributed by atoms with Gasteiger partial charge >= 0.3 is 0 Å². The summed E-state index contributed by atoms with van der Waals surface area (Å²) in [4.78, 5) is 34.3. The number of aryl methyl sites for hydroxylation is 2. The van der Waals surface area contributed by atoms with E-state index in [0.717, 1.165) is 53.5 Å². The molecule has 5 rings (SSSR count). The number of anilines is 1. The smallest absolute Gasteiger partial charge is 0.271 e. The van der Waals surface area contributed by atoms with E-state index in [0.29, 0.717) is 11.5 Å². The van der Waals surface area contributed by atoms with Crippen molar-refractivity contribution in [3.8, 4) is 0 Å². The summed E-state index contributed by atoms with van der Waals surface area (Å²) < 4.78 is 2.67. The van der Waals surface area contributed by atoms with Crippen molar-refractivity contribution in [1.82, 2.24) is 9.38 Å². The van der Waals surface area contributed by atoms with Gasteiger partial charge in [-0.3, -0.25) is 14.0 Å². The van der Waals surface area contributed by atoms with E-state index in [1.54, 1.807) is 20.6 Å². The maximum absolute atomic E-state index is 13.1. The summed E-state index contributed by atoms with van der Waals surface area (Å²) >= 11 is 5.05. The van der Waals surface area contributed by atoms with Gasteiger partial charge in [-0.15, -0.1) is 11.3 Å². The Balaban J connectivity index is 1.61. The van der Waals surface area contributed by atoms with E-state index in [-0.39, 0.29) is 17.0 Å². The zero-order valence-electron chi connectivity index (χ0n) is 14.0. The highest BCUT2D eigenvalue weighted by Crippen LogP contribution is 2.32. The minimum atomic E-state index is -0.256. The molecule has 1 aliphatic heterocycles. The highest BCUT2D eigenvalue weighted by atomic mass is 79.9. The van der Waals surface area contributed by atoms with Gasteiger partial charge in [0.15, 0.2) is 4.96 Å². The molecule has 3 heterocycles. The fourth-order valence-corrected chi connectivity index (χ4v) is 5.52. The van der Waals surface area contributed by atoms with Crippen LogP contribution in [0.3, 0.4) is 0 Å². The van der Waals surface area contributed by atoms with Crippen molar-refractivity contribution in [3.63, 3.8) is 0 Å². The van der Waals surface area contributed by atoms with Gasteiger partial charge < -0.3 is 4.90 Å². The van der Waals surface area contributed by atoms with Crippen LogP contribution in [0.5, 0.6) is 0 Å². The van der Waals surface area contributed by atoms with Gasteiger partial charge in [-0.1, -0.05) is 15.9 Å². The van der Waals surface area contributed by atoms with E-state index >= 15 is 0 Å². The van der Waals surface area contributed by atoms with Crippen LogP contribution in [0.15, 0.2) is 33.7 Å². The SMILES string of the molecule is O=C(c1cnc2sc3c(n2c1=O)CCCC3)N1CCc2cc(Br)ccc21. The first-order valence-electron chi connectivity index (χ1n) is 8.76. The molecule has 0 N–H and O–H groups in total. The van der Waals surface area contributed by atoms with Gasteiger partial charge in [-0.25, -0.2) is 4.98 Å². The maximum Gasteiger partial charge on any atom is 0.271 e. The summed E-state index contributed by atoms with van der Waals surface area (Å²) in [6, 6.07) is 5.89. The lowest BCUT2D eigenvalue weighted by atomic mass is 10.0.